The third-order valence-electron chi connectivity index (χ3n) is 2.41. The number of ether oxygens (including phenoxy) is 1. The second-order valence-electron chi connectivity index (χ2n) is 3.58. The number of nitrogens with zero attached hydrogens (tertiary/aromatic N) is 5. The number of aromatic nitrogens is 3. The average Bonchev–Trinajstić information content (AvgIpc) is 2.95. The molecule has 0 unspecified atom stereocenters. The fourth-order valence-corrected chi connectivity index (χ4v) is 1.50. The lowest BCUT2D eigenvalue weighted by atomic mass is 10.2. The fraction of sp³-hybridized carbons (Fsp3) is 0.0909. The Morgan fingerprint density at radius 1 is 1.55 bits per heavy atom. The number of hydrogen-bond donors (Lipinski definition) is 0. The van der Waals surface area contributed by atoms with Crippen LogP contribution in [0.5, 0.6) is 0 Å². The van der Waals surface area contributed by atoms with E-state index in [0.717, 1.165) is 17.1 Å². The molecule has 0 atom stereocenters. The molecule has 2 aromatic rings. The lowest BCUT2D eigenvalue weighted by Crippen LogP contribution is -2.06. The second kappa shape index (κ2) is 5.15. The Morgan fingerprint density at radius 3 is 2.90 bits per heavy atom. The fourth-order valence-electron chi connectivity index (χ4n) is 1.50. The predicted molar refractivity (Wildman–Crippen MR) is 64.1 cm³/mol. The van der Waals surface area contributed by atoms with E-state index in [4.69, 9.17) is 5.26 Å². The van der Waals surface area contributed by atoms with Crippen LogP contribution in [0.1, 0.15) is 16.2 Å². The zero-order valence-electron chi connectivity index (χ0n) is 10.2. The van der Waals surface area contributed by atoms with Crippen LogP contribution in [0.25, 0.3) is 5.69 Å². The van der Waals surface area contributed by atoms with Gasteiger partial charge in [0.2, 0.25) is 0 Å². The topological polar surface area (TPSA) is 124 Å². The van der Waals surface area contributed by atoms with Crippen molar-refractivity contribution in [1.82, 2.24) is 14.8 Å². The van der Waals surface area contributed by atoms with Gasteiger partial charge in [0.25, 0.3) is 11.5 Å². The van der Waals surface area contributed by atoms with Gasteiger partial charge >= 0.3 is 5.97 Å². The number of rotatable bonds is 3. The molecular formula is C11H7N5O4. The maximum atomic E-state index is 11.2. The van der Waals surface area contributed by atoms with Crippen molar-refractivity contribution in [1.29, 1.82) is 5.26 Å². The minimum atomic E-state index is -0.750. The number of nitro benzene ring substituents is 1. The third-order valence-corrected chi connectivity index (χ3v) is 2.41. The molecule has 0 aliphatic heterocycles. The molecule has 0 bridgehead atoms. The molecular weight excluding hydrogens is 266 g/mol. The van der Waals surface area contributed by atoms with Gasteiger partial charge in [-0.1, -0.05) is 0 Å². The van der Waals surface area contributed by atoms with E-state index in [1.165, 1.54) is 19.2 Å². The molecule has 1 heterocycles. The Hall–Kier alpha value is -3.28. The summed E-state index contributed by atoms with van der Waals surface area (Å²) >= 11 is 0. The van der Waals surface area contributed by atoms with E-state index in [1.54, 1.807) is 0 Å². The summed E-state index contributed by atoms with van der Waals surface area (Å²) in [7, 11) is 1.17. The molecule has 1 aromatic heterocycles. The number of esters is 1. The number of benzene rings is 1. The van der Waals surface area contributed by atoms with E-state index in [1.807, 2.05) is 6.07 Å². The Balaban J connectivity index is 2.52. The Morgan fingerprint density at radius 2 is 2.30 bits per heavy atom. The highest BCUT2D eigenvalue weighted by Gasteiger charge is 2.19. The van der Waals surface area contributed by atoms with Crippen LogP contribution in [0, 0.1) is 21.4 Å². The summed E-state index contributed by atoms with van der Waals surface area (Å²) in [5.41, 5.74) is -0.0734. The first-order valence-electron chi connectivity index (χ1n) is 5.25. The van der Waals surface area contributed by atoms with Crippen molar-refractivity contribution in [2.75, 3.05) is 7.11 Å². The van der Waals surface area contributed by atoms with E-state index >= 15 is 0 Å². The molecule has 9 heteroatoms. The van der Waals surface area contributed by atoms with Crippen LogP contribution in [-0.4, -0.2) is 32.8 Å². The molecule has 20 heavy (non-hydrogen) atoms. The first-order chi connectivity index (χ1) is 9.56. The molecule has 0 saturated heterocycles. The summed E-state index contributed by atoms with van der Waals surface area (Å²) in [5, 5.41) is 23.5. The highest BCUT2D eigenvalue weighted by Crippen LogP contribution is 2.23. The first-order valence-corrected chi connectivity index (χ1v) is 5.25. The molecule has 1 aromatic carbocycles. The molecule has 0 spiro atoms. The Labute approximate surface area is 112 Å². The van der Waals surface area contributed by atoms with Crippen molar-refractivity contribution >= 4 is 11.7 Å². The maximum absolute atomic E-state index is 11.2. The quantitative estimate of drug-likeness (QED) is 0.460. The maximum Gasteiger partial charge on any atom is 0.377 e. The van der Waals surface area contributed by atoms with Crippen molar-refractivity contribution in [2.45, 2.75) is 0 Å². The molecule has 0 aliphatic rings. The van der Waals surface area contributed by atoms with Gasteiger partial charge < -0.3 is 4.74 Å². The monoisotopic (exact) mass is 273 g/mol. The van der Waals surface area contributed by atoms with Gasteiger partial charge in [0.1, 0.15) is 12.0 Å². The van der Waals surface area contributed by atoms with E-state index < -0.39 is 10.9 Å². The van der Waals surface area contributed by atoms with Gasteiger partial charge in [-0.2, -0.15) is 5.26 Å². The van der Waals surface area contributed by atoms with Gasteiger partial charge in [0.15, 0.2) is 0 Å². The van der Waals surface area contributed by atoms with Gasteiger partial charge in [-0.05, 0) is 12.1 Å². The Bertz CT molecular complexity index is 731. The van der Waals surface area contributed by atoms with Crippen LogP contribution < -0.4 is 0 Å². The number of carbonyl (C=O) groups excluding carboxylic acids is 1. The lowest BCUT2D eigenvalue weighted by molar-refractivity contribution is -0.384. The van der Waals surface area contributed by atoms with Gasteiger partial charge in [-0.25, -0.2) is 14.5 Å². The molecule has 9 nitrogen and oxygen atoms in total. The van der Waals surface area contributed by atoms with Crippen LogP contribution in [-0.2, 0) is 4.74 Å². The predicted octanol–water partition coefficient (Wildman–Crippen LogP) is 0.834. The minimum Gasteiger partial charge on any atom is -0.463 e. The number of carbonyl (C=O) groups is 1. The molecule has 0 fully saturated rings. The van der Waals surface area contributed by atoms with E-state index in [-0.39, 0.29) is 22.8 Å². The third kappa shape index (κ3) is 2.30. The SMILES string of the molecule is COC(=O)c1ncn(-c2ccc(C#N)cc2[N+](=O)[O-])n1. The number of hydrogen-bond acceptors (Lipinski definition) is 7. The minimum absolute atomic E-state index is 0.0941. The van der Waals surface area contributed by atoms with Crippen LogP contribution in [0.2, 0.25) is 0 Å². The normalized spacial score (nSPS) is 9.80. The molecule has 0 aliphatic carbocycles. The molecule has 2 rings (SSSR count). The average molecular weight is 273 g/mol. The van der Waals surface area contributed by atoms with E-state index in [9.17, 15) is 14.9 Å². The summed E-state index contributed by atoms with van der Waals surface area (Å²) in [6.07, 6.45) is 1.15. The zero-order valence-corrected chi connectivity index (χ0v) is 10.2. The smallest absolute Gasteiger partial charge is 0.377 e. The highest BCUT2D eigenvalue weighted by molar-refractivity contribution is 5.84. The van der Waals surface area contributed by atoms with Crippen molar-refractivity contribution in [3.8, 4) is 11.8 Å². The molecule has 0 N–H and O–H groups in total. The largest absolute Gasteiger partial charge is 0.463 e. The molecule has 0 amide bonds. The summed E-state index contributed by atoms with van der Waals surface area (Å²) in [6, 6.07) is 5.69. The van der Waals surface area contributed by atoms with Gasteiger partial charge in [-0.3, -0.25) is 10.1 Å². The first kappa shape index (κ1) is 13.2. The van der Waals surface area contributed by atoms with Crippen LogP contribution in [0.15, 0.2) is 24.5 Å². The van der Waals surface area contributed by atoms with E-state index in [0.29, 0.717) is 0 Å². The van der Waals surface area contributed by atoms with Gasteiger partial charge in [0, 0.05) is 6.07 Å². The lowest BCUT2D eigenvalue weighted by Gasteiger charge is -2.02. The standard InChI is InChI=1S/C11H7N5O4/c1-20-11(17)10-13-6-15(14-10)8-3-2-7(5-12)4-9(8)16(18)19/h2-4,6H,1H3. The van der Waals surface area contributed by atoms with Crippen LogP contribution in [0.3, 0.4) is 0 Å². The van der Waals surface area contributed by atoms with Gasteiger partial charge in [0.05, 0.1) is 23.7 Å². The molecule has 100 valence electrons. The van der Waals surface area contributed by atoms with Crippen molar-refractivity contribution < 1.29 is 14.5 Å². The molecule has 0 radical (unpaired) electrons. The second-order valence-corrected chi connectivity index (χ2v) is 3.58. The van der Waals surface area contributed by atoms with Crippen molar-refractivity contribution in [3.63, 3.8) is 0 Å². The summed E-state index contributed by atoms with van der Waals surface area (Å²) in [6.45, 7) is 0. The number of methoxy groups -OCH3 is 1. The summed E-state index contributed by atoms with van der Waals surface area (Å²) in [4.78, 5) is 25.3. The number of nitro groups is 1. The van der Waals surface area contributed by atoms with Crippen molar-refractivity contribution in [2.24, 2.45) is 0 Å². The summed E-state index contributed by atoms with van der Waals surface area (Å²) < 4.78 is 5.52. The van der Waals surface area contributed by atoms with Crippen molar-refractivity contribution in [3.05, 3.63) is 46.0 Å². The van der Waals surface area contributed by atoms with Crippen LogP contribution in [0.4, 0.5) is 5.69 Å². The summed E-state index contributed by atoms with van der Waals surface area (Å²) in [5.74, 6) is -0.966. The van der Waals surface area contributed by atoms with Crippen LogP contribution >= 0.6 is 0 Å². The zero-order chi connectivity index (χ0) is 14.7. The Kier molecular flexibility index (Phi) is 3.39. The molecule has 0 saturated carbocycles. The highest BCUT2D eigenvalue weighted by atomic mass is 16.6. The van der Waals surface area contributed by atoms with Gasteiger partial charge in [-0.15, -0.1) is 5.10 Å². The van der Waals surface area contributed by atoms with E-state index in [2.05, 4.69) is 14.8 Å². The number of nitriles is 1.